The number of ether oxygens (including phenoxy) is 4. The molecule has 0 aliphatic rings. The minimum Gasteiger partial charge on any atom is -0.394 e. The zero-order valence-corrected chi connectivity index (χ0v) is 15.9. The number of hydrogen-bond acceptors (Lipinski definition) is 7. The summed E-state index contributed by atoms with van der Waals surface area (Å²) in [5, 5.41) is 8.48. The Morgan fingerprint density at radius 2 is 1.00 bits per heavy atom. The Kier molecular flexibility index (Phi) is 23.4. The molecule has 0 spiro atoms. The van der Waals surface area contributed by atoms with E-state index in [4.69, 9.17) is 41.6 Å². The van der Waals surface area contributed by atoms with Crippen LogP contribution in [0.15, 0.2) is 0 Å². The quantitative estimate of drug-likeness (QED) is 0.249. The maximum absolute atomic E-state index is 8.74. The monoisotopic (exact) mass is 390 g/mol. The molecule has 0 aromatic heterocycles. The van der Waals surface area contributed by atoms with Gasteiger partial charge in [-0.05, 0) is 6.42 Å². The van der Waals surface area contributed by atoms with Gasteiger partial charge in [0.15, 0.2) is 0 Å². The highest BCUT2D eigenvalue weighted by molar-refractivity contribution is 7.79. The average Bonchev–Trinajstić information content (AvgIpc) is 2.53. The Balaban J connectivity index is 0. The minimum atomic E-state index is -4.67. The van der Waals surface area contributed by atoms with Gasteiger partial charge in [0.1, 0.15) is 0 Å². The lowest BCUT2D eigenvalue weighted by molar-refractivity contribution is -0.00577. The molecule has 0 aliphatic carbocycles. The molecule has 0 aromatic carbocycles. The van der Waals surface area contributed by atoms with E-state index < -0.39 is 10.4 Å². The molecule has 3 N–H and O–H groups in total. The van der Waals surface area contributed by atoms with Crippen molar-refractivity contribution in [2.24, 2.45) is 0 Å². The van der Waals surface area contributed by atoms with Gasteiger partial charge in [0.2, 0.25) is 0 Å². The van der Waals surface area contributed by atoms with Crippen LogP contribution in [0.3, 0.4) is 0 Å². The van der Waals surface area contributed by atoms with Crippen molar-refractivity contribution in [3.05, 3.63) is 0 Å². The third-order valence-electron chi connectivity index (χ3n) is 2.74. The predicted molar refractivity (Wildman–Crippen MR) is 93.3 cm³/mol. The van der Waals surface area contributed by atoms with Crippen molar-refractivity contribution in [2.75, 3.05) is 59.5 Å². The highest BCUT2D eigenvalue weighted by Gasteiger charge is 1.93. The summed E-state index contributed by atoms with van der Waals surface area (Å²) in [4.78, 5) is 0. The molecule has 0 atom stereocenters. The standard InChI is InChI=1S/C15H32O5.H2O4S/c1-2-3-4-5-6-8-17-10-12-19-14-15-20-13-11-18-9-7-16;1-5(2,3)4/h16H,2-15H2,1H3;(H2,1,2,3,4). The van der Waals surface area contributed by atoms with E-state index in [9.17, 15) is 0 Å². The highest BCUT2D eigenvalue weighted by atomic mass is 32.3. The molecule has 0 radical (unpaired) electrons. The Labute approximate surface area is 151 Å². The minimum absolute atomic E-state index is 0.0573. The van der Waals surface area contributed by atoms with Gasteiger partial charge in [-0.15, -0.1) is 0 Å². The van der Waals surface area contributed by atoms with Crippen molar-refractivity contribution >= 4 is 10.4 Å². The van der Waals surface area contributed by atoms with Gasteiger partial charge in [-0.1, -0.05) is 32.6 Å². The molecule has 0 fully saturated rings. The van der Waals surface area contributed by atoms with Gasteiger partial charge in [0.25, 0.3) is 0 Å². The van der Waals surface area contributed by atoms with Crippen LogP contribution in [-0.2, 0) is 29.3 Å². The molecule has 10 heteroatoms. The molecular weight excluding hydrogens is 356 g/mol. The van der Waals surface area contributed by atoms with Gasteiger partial charge >= 0.3 is 10.4 Å². The normalized spacial score (nSPS) is 11.2. The Morgan fingerprint density at radius 3 is 1.40 bits per heavy atom. The van der Waals surface area contributed by atoms with Crippen LogP contribution in [-0.4, -0.2) is 82.1 Å². The lowest BCUT2D eigenvalue weighted by atomic mass is 10.2. The van der Waals surface area contributed by atoms with Gasteiger partial charge in [-0.25, -0.2) is 0 Å². The number of hydrogen-bond donors (Lipinski definition) is 3. The van der Waals surface area contributed by atoms with Crippen molar-refractivity contribution < 1.29 is 41.6 Å². The van der Waals surface area contributed by atoms with E-state index >= 15 is 0 Å². The summed E-state index contributed by atoms with van der Waals surface area (Å²) in [5.41, 5.74) is 0. The van der Waals surface area contributed by atoms with Crippen molar-refractivity contribution in [3.63, 3.8) is 0 Å². The average molecular weight is 390 g/mol. The number of aliphatic hydroxyl groups is 1. The number of aliphatic hydroxyl groups excluding tert-OH is 1. The van der Waals surface area contributed by atoms with E-state index in [1.54, 1.807) is 0 Å². The first-order valence-electron chi connectivity index (χ1n) is 8.53. The lowest BCUT2D eigenvalue weighted by Crippen LogP contribution is -2.12. The van der Waals surface area contributed by atoms with Crippen molar-refractivity contribution in [3.8, 4) is 0 Å². The molecule has 25 heavy (non-hydrogen) atoms. The molecule has 9 nitrogen and oxygen atoms in total. The van der Waals surface area contributed by atoms with Gasteiger partial charge in [0.05, 0.1) is 52.9 Å². The van der Waals surface area contributed by atoms with Crippen molar-refractivity contribution in [1.29, 1.82) is 0 Å². The van der Waals surface area contributed by atoms with E-state index in [1.807, 2.05) is 0 Å². The third kappa shape index (κ3) is 40.0. The van der Waals surface area contributed by atoms with E-state index in [0.717, 1.165) is 13.0 Å². The molecule has 154 valence electrons. The van der Waals surface area contributed by atoms with Crippen LogP contribution < -0.4 is 0 Å². The molecule has 0 heterocycles. The second-order valence-electron chi connectivity index (χ2n) is 5.04. The first kappa shape index (κ1) is 26.9. The predicted octanol–water partition coefficient (Wildman–Crippen LogP) is 1.36. The molecule has 0 aliphatic heterocycles. The van der Waals surface area contributed by atoms with Crippen LogP contribution in [0.25, 0.3) is 0 Å². The molecule has 0 bridgehead atoms. The molecule has 0 saturated heterocycles. The van der Waals surface area contributed by atoms with Crippen LogP contribution in [0, 0.1) is 0 Å². The van der Waals surface area contributed by atoms with Crippen molar-refractivity contribution in [1.82, 2.24) is 0 Å². The fourth-order valence-electron chi connectivity index (χ4n) is 1.63. The Bertz CT molecular complexity index is 310. The number of rotatable bonds is 17. The fourth-order valence-corrected chi connectivity index (χ4v) is 1.63. The Morgan fingerprint density at radius 1 is 0.640 bits per heavy atom. The topological polar surface area (TPSA) is 132 Å². The first-order chi connectivity index (χ1) is 11.9. The maximum atomic E-state index is 8.74. The van der Waals surface area contributed by atoms with Gasteiger partial charge in [-0.2, -0.15) is 8.42 Å². The van der Waals surface area contributed by atoms with E-state index in [2.05, 4.69) is 6.92 Å². The summed E-state index contributed by atoms with van der Waals surface area (Å²) in [5.74, 6) is 0. The number of unbranched alkanes of at least 4 members (excludes halogenated alkanes) is 4. The van der Waals surface area contributed by atoms with Gasteiger partial charge in [0, 0.05) is 6.61 Å². The largest absolute Gasteiger partial charge is 0.394 e. The van der Waals surface area contributed by atoms with Crippen LogP contribution in [0.5, 0.6) is 0 Å². The summed E-state index contributed by atoms with van der Waals surface area (Å²) in [6.45, 7) is 6.98. The van der Waals surface area contributed by atoms with Crippen molar-refractivity contribution in [2.45, 2.75) is 39.0 Å². The second kappa shape index (κ2) is 21.7. The van der Waals surface area contributed by atoms with E-state index in [1.165, 1.54) is 25.7 Å². The summed E-state index contributed by atoms with van der Waals surface area (Å²) >= 11 is 0. The SMILES string of the molecule is CCCCCCCOCCOCCOCCOCCO.O=S(=O)(O)O. The summed E-state index contributed by atoms with van der Waals surface area (Å²) < 4.78 is 52.8. The summed E-state index contributed by atoms with van der Waals surface area (Å²) in [6.07, 6.45) is 6.34. The Hall–Kier alpha value is -0.330. The first-order valence-corrected chi connectivity index (χ1v) is 9.93. The summed E-state index contributed by atoms with van der Waals surface area (Å²) in [6, 6.07) is 0. The zero-order valence-electron chi connectivity index (χ0n) is 15.1. The molecule has 0 amide bonds. The molecule has 0 aromatic rings. The van der Waals surface area contributed by atoms with Gasteiger partial charge < -0.3 is 24.1 Å². The second-order valence-corrected chi connectivity index (χ2v) is 5.93. The molecule has 0 saturated carbocycles. The van der Waals surface area contributed by atoms with E-state index in [0.29, 0.717) is 46.2 Å². The van der Waals surface area contributed by atoms with Crippen LogP contribution >= 0.6 is 0 Å². The fraction of sp³-hybridized carbons (Fsp3) is 1.00. The molecule has 0 rings (SSSR count). The highest BCUT2D eigenvalue weighted by Crippen LogP contribution is 2.02. The smallest absolute Gasteiger partial charge is 0.394 e. The third-order valence-corrected chi connectivity index (χ3v) is 2.74. The van der Waals surface area contributed by atoms with Gasteiger partial charge in [-0.3, -0.25) is 9.11 Å². The summed E-state index contributed by atoms with van der Waals surface area (Å²) in [7, 11) is -4.67. The van der Waals surface area contributed by atoms with Crippen LogP contribution in [0.1, 0.15) is 39.0 Å². The molecule has 0 unspecified atom stereocenters. The van der Waals surface area contributed by atoms with Crippen LogP contribution in [0.4, 0.5) is 0 Å². The lowest BCUT2D eigenvalue weighted by Gasteiger charge is -2.07. The van der Waals surface area contributed by atoms with Crippen LogP contribution in [0.2, 0.25) is 0 Å². The maximum Gasteiger partial charge on any atom is 0.394 e. The zero-order chi connectivity index (χ0) is 19.2. The van der Waals surface area contributed by atoms with E-state index in [-0.39, 0.29) is 6.61 Å². The molecular formula is C15H34O9S.